The Morgan fingerprint density at radius 2 is 2.05 bits per heavy atom. The molecule has 0 aliphatic carbocycles. The van der Waals surface area contributed by atoms with Gasteiger partial charge in [0, 0.05) is 44.0 Å². The molecule has 0 spiro atoms. The predicted molar refractivity (Wildman–Crippen MR) is 76.8 cm³/mol. The van der Waals surface area contributed by atoms with Crippen LogP contribution in [0.2, 0.25) is 0 Å². The summed E-state index contributed by atoms with van der Waals surface area (Å²) in [4.78, 5) is 2.57. The summed E-state index contributed by atoms with van der Waals surface area (Å²) in [6.07, 6.45) is 4.30. The topological polar surface area (TPSA) is 46.0 Å². The van der Waals surface area contributed by atoms with E-state index in [0.717, 1.165) is 38.2 Å². The van der Waals surface area contributed by atoms with Crippen molar-refractivity contribution in [1.29, 1.82) is 0 Å². The van der Waals surface area contributed by atoms with Gasteiger partial charge in [0.1, 0.15) is 0 Å². The molecule has 0 saturated carbocycles. The first-order valence-electron chi connectivity index (χ1n) is 7.26. The Kier molecular flexibility index (Phi) is 3.97. The third-order valence-electron chi connectivity index (χ3n) is 4.74. The molecule has 1 aromatic heterocycles. The molecule has 19 heavy (non-hydrogen) atoms. The molecule has 2 unspecified atom stereocenters. The highest BCUT2D eigenvalue weighted by Gasteiger charge is 2.41. The summed E-state index contributed by atoms with van der Waals surface area (Å²) < 4.78 is 1.78. The van der Waals surface area contributed by atoms with E-state index in [9.17, 15) is 0 Å². The van der Waals surface area contributed by atoms with Crippen molar-refractivity contribution in [3.63, 3.8) is 0 Å². The second-order valence-corrected chi connectivity index (χ2v) is 6.36. The Hall–Kier alpha value is -0.940. The van der Waals surface area contributed by atoms with Crippen molar-refractivity contribution < 1.29 is 0 Å². The van der Waals surface area contributed by atoms with Gasteiger partial charge < -0.3 is 5.32 Å². The average Bonchev–Trinajstić information content (AvgIpc) is 2.80. The smallest absolute Gasteiger partial charge is 0.0967 e. The van der Waals surface area contributed by atoms with E-state index in [2.05, 4.69) is 48.2 Å². The fourth-order valence-corrected chi connectivity index (χ4v) is 2.68. The average molecular weight is 265 g/mol. The minimum Gasteiger partial charge on any atom is -0.308 e. The molecule has 1 aliphatic rings. The second kappa shape index (κ2) is 5.21. The number of nitrogens with one attached hydrogen (secondary N) is 1. The van der Waals surface area contributed by atoms with E-state index in [0.29, 0.717) is 0 Å². The monoisotopic (exact) mass is 265 g/mol. The third-order valence-corrected chi connectivity index (χ3v) is 4.74. The van der Waals surface area contributed by atoms with Crippen LogP contribution in [-0.2, 0) is 13.6 Å². The molecule has 1 saturated heterocycles. The van der Waals surface area contributed by atoms with Gasteiger partial charge in [0.15, 0.2) is 0 Å². The molecule has 0 bridgehead atoms. The van der Waals surface area contributed by atoms with Crippen LogP contribution in [0, 0.1) is 0 Å². The minimum absolute atomic E-state index is 0.201. The van der Waals surface area contributed by atoms with Crippen LogP contribution >= 0.6 is 0 Å². The SMILES string of the molecule is CCC1(C)CN(Cc2cn(C)nn2)C(C)(CC)CN1. The van der Waals surface area contributed by atoms with Gasteiger partial charge >= 0.3 is 0 Å². The van der Waals surface area contributed by atoms with E-state index >= 15 is 0 Å². The maximum Gasteiger partial charge on any atom is 0.0967 e. The first-order chi connectivity index (χ1) is 8.91. The zero-order valence-corrected chi connectivity index (χ0v) is 12.9. The molecule has 2 atom stereocenters. The van der Waals surface area contributed by atoms with Gasteiger partial charge in [-0.1, -0.05) is 19.1 Å². The Morgan fingerprint density at radius 3 is 2.58 bits per heavy atom. The zero-order chi connectivity index (χ0) is 14.1. The van der Waals surface area contributed by atoms with Crippen LogP contribution in [0.4, 0.5) is 0 Å². The summed E-state index contributed by atoms with van der Waals surface area (Å²) in [6.45, 7) is 12.1. The lowest BCUT2D eigenvalue weighted by Gasteiger charge is -2.52. The maximum absolute atomic E-state index is 4.23. The van der Waals surface area contributed by atoms with Crippen molar-refractivity contribution in [3.05, 3.63) is 11.9 Å². The Morgan fingerprint density at radius 1 is 1.32 bits per heavy atom. The Bertz CT molecular complexity index is 429. The molecule has 2 heterocycles. The number of hydrogen-bond donors (Lipinski definition) is 1. The molecular weight excluding hydrogens is 238 g/mol. The summed E-state index contributed by atoms with van der Waals surface area (Å²) >= 11 is 0. The van der Waals surface area contributed by atoms with Crippen molar-refractivity contribution in [3.8, 4) is 0 Å². The summed E-state index contributed by atoms with van der Waals surface area (Å²) in [5.74, 6) is 0. The molecule has 1 aliphatic heterocycles. The minimum atomic E-state index is 0.201. The van der Waals surface area contributed by atoms with Crippen molar-refractivity contribution in [2.24, 2.45) is 7.05 Å². The lowest BCUT2D eigenvalue weighted by Crippen LogP contribution is -2.67. The summed E-state index contributed by atoms with van der Waals surface area (Å²) in [7, 11) is 1.92. The van der Waals surface area contributed by atoms with Gasteiger partial charge in [-0.3, -0.25) is 9.58 Å². The van der Waals surface area contributed by atoms with Gasteiger partial charge in [-0.2, -0.15) is 0 Å². The summed E-state index contributed by atoms with van der Waals surface area (Å²) in [5, 5.41) is 12.0. The highest BCUT2D eigenvalue weighted by Crippen LogP contribution is 2.29. The third kappa shape index (κ3) is 2.98. The van der Waals surface area contributed by atoms with Crippen LogP contribution in [0.25, 0.3) is 0 Å². The normalized spacial score (nSPS) is 32.7. The zero-order valence-electron chi connectivity index (χ0n) is 12.9. The van der Waals surface area contributed by atoms with Crippen molar-refractivity contribution in [2.45, 2.75) is 58.2 Å². The highest BCUT2D eigenvalue weighted by atomic mass is 15.4. The van der Waals surface area contributed by atoms with E-state index in [1.165, 1.54) is 0 Å². The van der Waals surface area contributed by atoms with Gasteiger partial charge in [-0.05, 0) is 26.7 Å². The van der Waals surface area contributed by atoms with Crippen LogP contribution in [0.3, 0.4) is 0 Å². The van der Waals surface area contributed by atoms with E-state index in [1.54, 1.807) is 4.68 Å². The van der Waals surface area contributed by atoms with E-state index in [1.807, 2.05) is 13.2 Å². The quantitative estimate of drug-likeness (QED) is 0.897. The van der Waals surface area contributed by atoms with Crippen LogP contribution in [0.1, 0.15) is 46.2 Å². The maximum atomic E-state index is 4.23. The molecule has 2 rings (SSSR count). The van der Waals surface area contributed by atoms with Gasteiger partial charge in [0.2, 0.25) is 0 Å². The number of hydrogen-bond acceptors (Lipinski definition) is 4. The second-order valence-electron chi connectivity index (χ2n) is 6.36. The fourth-order valence-electron chi connectivity index (χ4n) is 2.68. The van der Waals surface area contributed by atoms with Crippen LogP contribution < -0.4 is 5.32 Å². The van der Waals surface area contributed by atoms with Crippen LogP contribution in [0.5, 0.6) is 0 Å². The molecule has 0 radical (unpaired) electrons. The number of aryl methyl sites for hydroxylation is 1. The van der Waals surface area contributed by atoms with Crippen LogP contribution in [-0.4, -0.2) is 44.1 Å². The molecule has 1 fully saturated rings. The first-order valence-corrected chi connectivity index (χ1v) is 7.26. The molecule has 5 nitrogen and oxygen atoms in total. The number of aromatic nitrogens is 3. The summed E-state index contributed by atoms with van der Waals surface area (Å²) in [5.41, 5.74) is 1.46. The molecule has 1 aromatic rings. The van der Waals surface area contributed by atoms with Crippen molar-refractivity contribution in [2.75, 3.05) is 13.1 Å². The van der Waals surface area contributed by atoms with Crippen molar-refractivity contribution in [1.82, 2.24) is 25.2 Å². The molecule has 108 valence electrons. The van der Waals surface area contributed by atoms with E-state index in [-0.39, 0.29) is 11.1 Å². The van der Waals surface area contributed by atoms with Crippen LogP contribution in [0.15, 0.2) is 6.20 Å². The molecule has 0 aromatic carbocycles. The largest absolute Gasteiger partial charge is 0.308 e. The Labute approximate surface area is 116 Å². The lowest BCUT2D eigenvalue weighted by atomic mass is 9.85. The van der Waals surface area contributed by atoms with Gasteiger partial charge in [-0.25, -0.2) is 0 Å². The predicted octanol–water partition coefficient (Wildman–Crippen LogP) is 1.56. The molecule has 0 amide bonds. The van der Waals surface area contributed by atoms with Gasteiger partial charge in [0.05, 0.1) is 5.69 Å². The van der Waals surface area contributed by atoms with Gasteiger partial charge in [0.25, 0.3) is 0 Å². The first kappa shape index (κ1) is 14.5. The Balaban J connectivity index is 2.16. The molecule has 1 N–H and O–H groups in total. The van der Waals surface area contributed by atoms with Crippen molar-refractivity contribution >= 4 is 0 Å². The van der Waals surface area contributed by atoms with E-state index < -0.39 is 0 Å². The fraction of sp³-hybridized carbons (Fsp3) is 0.857. The summed E-state index contributed by atoms with van der Waals surface area (Å²) in [6, 6.07) is 0. The van der Waals surface area contributed by atoms with E-state index in [4.69, 9.17) is 0 Å². The lowest BCUT2D eigenvalue weighted by molar-refractivity contribution is 0.00952. The highest BCUT2D eigenvalue weighted by molar-refractivity contribution is 5.03. The number of piperazine rings is 1. The number of rotatable bonds is 4. The van der Waals surface area contributed by atoms with Gasteiger partial charge in [-0.15, -0.1) is 5.10 Å². The standard InChI is InChI=1S/C14H27N5/c1-6-13(3)11-19(14(4,7-2)10-15-13)9-12-8-18(5)17-16-12/h8,15H,6-7,9-11H2,1-5H3. The molecular formula is C14H27N5. The number of nitrogens with zero attached hydrogens (tertiary/aromatic N) is 4. The molecule has 5 heteroatoms.